The fourth-order valence-electron chi connectivity index (χ4n) is 3.82. The number of hydrogen-bond donors (Lipinski definition) is 0. The fourth-order valence-corrected chi connectivity index (χ4v) is 4.42. The lowest BCUT2D eigenvalue weighted by atomic mass is 9.38. The first-order valence-corrected chi connectivity index (χ1v) is 14.0. The van der Waals surface area contributed by atoms with Gasteiger partial charge < -0.3 is 9.30 Å². The Morgan fingerprint density at radius 2 is 1.81 bits per heavy atom. The molecular formula is C27H29BCl5FN2O. The highest BCUT2D eigenvalue weighted by Crippen LogP contribution is 2.41. The third-order valence-corrected chi connectivity index (χ3v) is 8.58. The second kappa shape index (κ2) is 14.1. The van der Waals surface area contributed by atoms with E-state index in [1.165, 1.54) is 19.8 Å². The summed E-state index contributed by atoms with van der Waals surface area (Å²) in [5.41, 5.74) is 2.61. The maximum absolute atomic E-state index is 13.4. The van der Waals surface area contributed by atoms with Gasteiger partial charge in [-0.1, -0.05) is 83.3 Å². The summed E-state index contributed by atoms with van der Waals surface area (Å²) in [5, 5.41) is -0.673. The second-order valence-electron chi connectivity index (χ2n) is 8.87. The molecule has 198 valence electrons. The van der Waals surface area contributed by atoms with Gasteiger partial charge in [-0.05, 0) is 43.2 Å². The largest absolute Gasteiger partial charge is 0.497 e. The van der Waals surface area contributed by atoms with Crippen molar-refractivity contribution in [3.05, 3.63) is 85.0 Å². The summed E-state index contributed by atoms with van der Waals surface area (Å²) in [5.74, 6) is 0.766. The van der Waals surface area contributed by atoms with Gasteiger partial charge in [0.1, 0.15) is 16.8 Å². The van der Waals surface area contributed by atoms with Crippen molar-refractivity contribution < 1.29 is 9.13 Å². The van der Waals surface area contributed by atoms with Gasteiger partial charge in [0.25, 0.3) is 0 Å². The fraction of sp³-hybridized carbons (Fsp3) is 0.370. The summed E-state index contributed by atoms with van der Waals surface area (Å²) in [4.78, 5) is 2.97. The Kier molecular flexibility index (Phi) is 11.5. The lowest BCUT2D eigenvalue weighted by Crippen LogP contribution is -2.42. The van der Waals surface area contributed by atoms with Crippen molar-refractivity contribution in [3.63, 3.8) is 0 Å². The molecule has 1 fully saturated rings. The van der Waals surface area contributed by atoms with E-state index in [0.29, 0.717) is 11.9 Å². The van der Waals surface area contributed by atoms with Crippen LogP contribution in [0.2, 0.25) is 6.32 Å². The van der Waals surface area contributed by atoms with E-state index >= 15 is 0 Å². The van der Waals surface area contributed by atoms with Crippen LogP contribution in [0.25, 0.3) is 0 Å². The highest BCUT2D eigenvalue weighted by atomic mass is 35.5. The van der Waals surface area contributed by atoms with E-state index in [1.54, 1.807) is 25.3 Å². The average molecular weight is 605 g/mol. The van der Waals surface area contributed by atoms with Crippen molar-refractivity contribution >= 4 is 75.6 Å². The van der Waals surface area contributed by atoms with Crippen molar-refractivity contribution in [2.24, 2.45) is 0 Å². The first-order valence-electron chi connectivity index (χ1n) is 12.0. The van der Waals surface area contributed by atoms with E-state index in [4.69, 9.17) is 62.7 Å². The van der Waals surface area contributed by atoms with Crippen LogP contribution in [0, 0.1) is 0 Å². The Morgan fingerprint density at radius 3 is 2.35 bits per heavy atom. The summed E-state index contributed by atoms with van der Waals surface area (Å²) >= 11 is 30.3. The van der Waals surface area contributed by atoms with Gasteiger partial charge in [0.15, 0.2) is 4.33 Å². The van der Waals surface area contributed by atoms with Gasteiger partial charge in [-0.2, -0.15) is 0 Å². The molecule has 2 unspecified atom stereocenters. The third-order valence-electron chi connectivity index (χ3n) is 6.11. The Morgan fingerprint density at radius 1 is 1.14 bits per heavy atom. The smallest absolute Gasteiger partial charge is 0.217 e. The van der Waals surface area contributed by atoms with E-state index in [2.05, 4.69) is 9.55 Å². The third kappa shape index (κ3) is 8.56. The average Bonchev–Trinajstić information content (AvgIpc) is 3.60. The number of alkyl halides is 6. The topological polar surface area (TPSA) is 27.1 Å². The molecule has 37 heavy (non-hydrogen) atoms. The van der Waals surface area contributed by atoms with E-state index < -0.39 is 20.7 Å². The van der Waals surface area contributed by atoms with Crippen LogP contribution in [-0.2, 0) is 4.33 Å². The predicted octanol–water partition coefficient (Wildman–Crippen LogP) is 7.48. The summed E-state index contributed by atoms with van der Waals surface area (Å²) in [7, 11) is 1.63. The molecule has 0 bridgehead atoms. The molecule has 0 saturated heterocycles. The Labute approximate surface area is 243 Å². The van der Waals surface area contributed by atoms with Crippen LogP contribution in [0.4, 0.5) is 4.39 Å². The summed E-state index contributed by atoms with van der Waals surface area (Å²) in [6.45, 7) is 1.39. The maximum Gasteiger partial charge on any atom is 0.217 e. The van der Waals surface area contributed by atoms with E-state index in [-0.39, 0.29) is 6.71 Å². The molecule has 10 heteroatoms. The number of nitrogens with zero attached hydrogens (tertiary/aromatic N) is 2. The van der Waals surface area contributed by atoms with Gasteiger partial charge in [0, 0.05) is 18.4 Å². The first kappa shape index (κ1) is 30.2. The Balaban J connectivity index is 0.000000396. The van der Waals surface area contributed by atoms with E-state index in [9.17, 15) is 4.39 Å². The number of rotatable bonds is 10. The minimum Gasteiger partial charge on any atom is -0.497 e. The highest BCUT2D eigenvalue weighted by molar-refractivity contribution is 6.86. The zero-order valence-electron chi connectivity index (χ0n) is 20.6. The quantitative estimate of drug-likeness (QED) is 0.136. The number of imidazole rings is 1. The van der Waals surface area contributed by atoms with Gasteiger partial charge in [-0.3, -0.25) is 0 Å². The van der Waals surface area contributed by atoms with Gasteiger partial charge in [-0.15, -0.1) is 34.8 Å². The molecule has 3 nitrogen and oxygen atoms in total. The van der Waals surface area contributed by atoms with Crippen LogP contribution in [0.3, 0.4) is 0 Å². The van der Waals surface area contributed by atoms with Crippen LogP contribution in [0.1, 0.15) is 31.4 Å². The molecule has 2 atom stereocenters. The molecule has 0 amide bonds. The monoisotopic (exact) mass is 602 g/mol. The van der Waals surface area contributed by atoms with Crippen LogP contribution >= 0.6 is 58.0 Å². The van der Waals surface area contributed by atoms with E-state index in [1.807, 2.05) is 61.2 Å². The number of ether oxygens (including phenoxy) is 1. The van der Waals surface area contributed by atoms with Crippen molar-refractivity contribution in [1.82, 2.24) is 9.55 Å². The van der Waals surface area contributed by atoms with E-state index in [0.717, 1.165) is 22.7 Å². The number of halogens is 6. The van der Waals surface area contributed by atoms with Crippen LogP contribution in [-0.4, -0.2) is 39.8 Å². The van der Waals surface area contributed by atoms with Crippen LogP contribution in [0.15, 0.2) is 79.4 Å². The SMILES string of the molecule is COc1ccccc1B(CC=CC(Cl)C(C)F)c1ccc(C(Cl)(Cl)C(Cl)Cl)cc1.c1cn(C2CC2)cn1. The van der Waals surface area contributed by atoms with Crippen LogP contribution < -0.4 is 15.7 Å². The highest BCUT2D eigenvalue weighted by Gasteiger charge is 2.34. The van der Waals surface area contributed by atoms with Crippen molar-refractivity contribution in [3.8, 4) is 5.75 Å². The van der Waals surface area contributed by atoms with Gasteiger partial charge >= 0.3 is 0 Å². The molecule has 0 aliphatic heterocycles. The van der Waals surface area contributed by atoms with Gasteiger partial charge in [0.2, 0.25) is 6.71 Å². The van der Waals surface area contributed by atoms with Gasteiger partial charge in [0.05, 0.1) is 18.8 Å². The zero-order valence-corrected chi connectivity index (χ0v) is 24.4. The normalized spacial score (nSPS) is 15.3. The Bertz CT molecular complexity index is 1120. The molecular weight excluding hydrogens is 575 g/mol. The number of para-hydroxylation sites is 1. The summed E-state index contributed by atoms with van der Waals surface area (Å²) in [6.07, 6.45) is 11.5. The predicted molar refractivity (Wildman–Crippen MR) is 158 cm³/mol. The molecule has 1 saturated carbocycles. The molecule has 0 radical (unpaired) electrons. The lowest BCUT2D eigenvalue weighted by Gasteiger charge is -2.22. The number of allylic oxidation sites excluding steroid dienone is 2. The molecule has 1 aromatic heterocycles. The molecule has 3 aromatic rings. The number of benzene rings is 2. The molecule has 0 N–H and O–H groups in total. The molecule has 2 aromatic carbocycles. The number of methoxy groups -OCH3 is 1. The summed E-state index contributed by atoms with van der Waals surface area (Å²) in [6, 6.07) is 16.0. The standard InChI is InChI=1S/C21H21BCl5FO.C6H8N2/c1-14(28)18(23)7-5-13-22(17-6-3-4-8-19(17)29-2)16-11-9-15(10-12-16)21(26,27)20(24)25;1-2-6(1)8-4-3-7-5-8/h3-12,14,18,20H,13H2,1-2H3;3-6H,1-2H2. The minimum absolute atomic E-state index is 0.0434. The Hall–Kier alpha value is -1.37. The molecule has 4 rings (SSSR count). The number of aromatic nitrogens is 2. The van der Waals surface area contributed by atoms with Crippen molar-refractivity contribution in [2.75, 3.05) is 7.11 Å². The van der Waals surface area contributed by atoms with Crippen LogP contribution in [0.5, 0.6) is 5.75 Å². The van der Waals surface area contributed by atoms with Crippen molar-refractivity contribution in [2.45, 2.75) is 52.8 Å². The molecule has 1 aliphatic carbocycles. The second-order valence-corrected chi connectivity index (χ2v) is 11.9. The minimum atomic E-state index is -1.41. The first-order chi connectivity index (χ1) is 17.6. The maximum atomic E-state index is 13.4. The molecule has 1 heterocycles. The molecule has 0 spiro atoms. The van der Waals surface area contributed by atoms with Crippen molar-refractivity contribution in [1.29, 1.82) is 0 Å². The summed E-state index contributed by atoms with van der Waals surface area (Å²) < 4.78 is 19.6. The lowest BCUT2D eigenvalue weighted by molar-refractivity contribution is 0.369. The number of hydrogen-bond acceptors (Lipinski definition) is 2. The molecule has 1 aliphatic rings. The van der Waals surface area contributed by atoms with Gasteiger partial charge in [-0.25, -0.2) is 9.37 Å². The zero-order chi connectivity index (χ0) is 27.0.